The molecule has 0 aliphatic heterocycles. The number of nitrogens with one attached hydrogen (secondary N) is 1. The summed E-state index contributed by atoms with van der Waals surface area (Å²) in [5.74, 6) is -0.0266. The first-order chi connectivity index (χ1) is 6.11. The molecule has 0 bridgehead atoms. The van der Waals surface area contributed by atoms with Crippen LogP contribution in [0.25, 0.3) is 0 Å². The van der Waals surface area contributed by atoms with Gasteiger partial charge in [-0.05, 0) is 19.9 Å². The fourth-order valence-corrected chi connectivity index (χ4v) is 0.893. The molecule has 4 nitrogen and oxygen atoms in total. The fraction of sp³-hybridized carbons (Fsp3) is 0.333. The summed E-state index contributed by atoms with van der Waals surface area (Å²) in [4.78, 5) is 15.2. The molecule has 1 heterocycles. The van der Waals surface area contributed by atoms with E-state index >= 15 is 0 Å². The molecule has 0 spiro atoms. The number of hydrogen-bond donors (Lipinski definition) is 2. The predicted molar refractivity (Wildman–Crippen MR) is 50.1 cm³/mol. The van der Waals surface area contributed by atoms with E-state index < -0.39 is 0 Å². The zero-order valence-electron chi connectivity index (χ0n) is 7.66. The minimum atomic E-state index is -0.236. The van der Waals surface area contributed by atoms with Crippen LogP contribution < -0.4 is 11.1 Å². The van der Waals surface area contributed by atoms with E-state index in [0.29, 0.717) is 5.56 Å². The van der Waals surface area contributed by atoms with Gasteiger partial charge in [-0.15, -0.1) is 0 Å². The summed E-state index contributed by atoms with van der Waals surface area (Å²) in [6, 6.07) is 4.39. The number of nitrogens with zero attached hydrogens (tertiary/aromatic N) is 1. The molecule has 4 heteroatoms. The van der Waals surface area contributed by atoms with Gasteiger partial charge in [0.05, 0.1) is 5.56 Å². The monoisotopic (exact) mass is 178 g/mol. The third kappa shape index (κ3) is 2.43. The Labute approximate surface area is 77.2 Å². The van der Waals surface area contributed by atoms with Crippen molar-refractivity contribution in [3.8, 4) is 0 Å². The van der Waals surface area contributed by atoms with E-state index in [1.807, 2.05) is 13.8 Å². The van der Waals surface area contributed by atoms with Crippen molar-refractivity contribution < 1.29 is 4.79 Å². The van der Waals surface area contributed by atoms with E-state index in [0.717, 1.165) is 0 Å². The number of rotatable bonds is 2. The van der Waals surface area contributed by atoms with Crippen LogP contribution in [-0.4, -0.2) is 16.9 Å². The Morgan fingerprint density at radius 1 is 1.69 bits per heavy atom. The predicted octanol–water partition coefficient (Wildman–Crippen LogP) is 0.602. The molecule has 69 valence electrons. The highest BCUT2D eigenvalue weighted by atomic mass is 16.1. The molecular formula is C9H12N3O. The topological polar surface area (TPSA) is 68.0 Å². The van der Waals surface area contributed by atoms with Crippen molar-refractivity contribution >= 4 is 11.7 Å². The van der Waals surface area contributed by atoms with Crippen LogP contribution in [0, 0.1) is 6.07 Å². The maximum atomic E-state index is 11.4. The first-order valence-corrected chi connectivity index (χ1v) is 4.04. The lowest BCUT2D eigenvalue weighted by Crippen LogP contribution is -2.30. The summed E-state index contributed by atoms with van der Waals surface area (Å²) in [6.45, 7) is 3.76. The molecular weight excluding hydrogens is 166 g/mol. The van der Waals surface area contributed by atoms with Gasteiger partial charge in [0, 0.05) is 18.3 Å². The molecule has 0 atom stereocenters. The van der Waals surface area contributed by atoms with Gasteiger partial charge in [-0.1, -0.05) is 0 Å². The quantitative estimate of drug-likeness (QED) is 0.697. The van der Waals surface area contributed by atoms with Gasteiger partial charge in [0.1, 0.15) is 5.82 Å². The molecule has 1 amide bonds. The summed E-state index contributed by atoms with van der Waals surface area (Å²) >= 11 is 0. The van der Waals surface area contributed by atoms with Crippen molar-refractivity contribution in [3.05, 3.63) is 23.9 Å². The zero-order valence-corrected chi connectivity index (χ0v) is 7.66. The minimum absolute atomic E-state index is 0.0838. The largest absolute Gasteiger partial charge is 0.383 e. The summed E-state index contributed by atoms with van der Waals surface area (Å²) in [6.07, 6.45) is 1.50. The van der Waals surface area contributed by atoms with Gasteiger partial charge in [-0.3, -0.25) is 4.79 Å². The smallest absolute Gasteiger partial charge is 0.255 e. The third-order valence-corrected chi connectivity index (χ3v) is 1.42. The Morgan fingerprint density at radius 2 is 2.38 bits per heavy atom. The molecule has 0 saturated heterocycles. The van der Waals surface area contributed by atoms with Crippen LogP contribution in [0.15, 0.2) is 12.3 Å². The van der Waals surface area contributed by atoms with Crippen LogP contribution in [0.2, 0.25) is 0 Å². The van der Waals surface area contributed by atoms with Gasteiger partial charge < -0.3 is 11.1 Å². The van der Waals surface area contributed by atoms with E-state index in [2.05, 4.69) is 16.4 Å². The Kier molecular flexibility index (Phi) is 2.84. The van der Waals surface area contributed by atoms with Crippen molar-refractivity contribution in [1.82, 2.24) is 10.3 Å². The molecule has 13 heavy (non-hydrogen) atoms. The summed E-state index contributed by atoms with van der Waals surface area (Å²) < 4.78 is 0. The van der Waals surface area contributed by atoms with Gasteiger partial charge in [-0.2, -0.15) is 0 Å². The molecule has 1 radical (unpaired) electrons. The van der Waals surface area contributed by atoms with Crippen molar-refractivity contribution in [1.29, 1.82) is 0 Å². The second kappa shape index (κ2) is 3.89. The van der Waals surface area contributed by atoms with Gasteiger partial charge >= 0.3 is 0 Å². The molecule has 0 saturated carbocycles. The molecule has 0 unspecified atom stereocenters. The maximum Gasteiger partial charge on any atom is 0.255 e. The second-order valence-corrected chi connectivity index (χ2v) is 2.98. The number of pyridine rings is 1. The van der Waals surface area contributed by atoms with Gasteiger partial charge in [0.15, 0.2) is 0 Å². The summed E-state index contributed by atoms with van der Waals surface area (Å²) in [5, 5.41) is 2.71. The van der Waals surface area contributed by atoms with Crippen molar-refractivity contribution in [2.24, 2.45) is 0 Å². The van der Waals surface area contributed by atoms with Crippen LogP contribution in [0.3, 0.4) is 0 Å². The number of hydrogen-bond acceptors (Lipinski definition) is 3. The molecule has 1 aromatic heterocycles. The van der Waals surface area contributed by atoms with Gasteiger partial charge in [0.25, 0.3) is 5.91 Å². The number of carbonyl (C=O) groups excluding carboxylic acids is 1. The number of amides is 1. The highest BCUT2D eigenvalue weighted by Gasteiger charge is 2.10. The standard InChI is InChI=1S/C9H12N3O/c1-6(2)12-9(13)7-4-3-5-11-8(7)10/h3,5-6H,1-2H3,(H2,10,11)(H,12,13). The molecule has 1 rings (SSSR count). The lowest BCUT2D eigenvalue weighted by molar-refractivity contribution is 0.0943. The number of nitrogens with two attached hydrogens (primary N) is 1. The van der Waals surface area contributed by atoms with E-state index in [1.54, 1.807) is 6.07 Å². The van der Waals surface area contributed by atoms with Crippen molar-refractivity contribution in [2.75, 3.05) is 5.73 Å². The second-order valence-electron chi connectivity index (χ2n) is 2.98. The third-order valence-electron chi connectivity index (χ3n) is 1.42. The van der Waals surface area contributed by atoms with E-state index in [-0.39, 0.29) is 17.8 Å². The SMILES string of the molecule is CC(C)NC(=O)c1[c]ccnc1N. The van der Waals surface area contributed by atoms with Crippen LogP contribution in [0.4, 0.5) is 5.82 Å². The Hall–Kier alpha value is -1.58. The lowest BCUT2D eigenvalue weighted by Gasteiger charge is -2.08. The molecule has 0 fully saturated rings. The van der Waals surface area contributed by atoms with E-state index in [9.17, 15) is 4.79 Å². The van der Waals surface area contributed by atoms with Crippen LogP contribution in [0.1, 0.15) is 24.2 Å². The number of aromatic nitrogens is 1. The molecule has 1 aromatic rings. The van der Waals surface area contributed by atoms with E-state index in [1.165, 1.54) is 6.20 Å². The number of nitrogen functional groups attached to an aromatic ring is 1. The number of carbonyl (C=O) groups is 1. The highest BCUT2D eigenvalue weighted by Crippen LogP contribution is 2.05. The normalized spacial score (nSPS) is 10.1. The summed E-state index contributed by atoms with van der Waals surface area (Å²) in [7, 11) is 0. The van der Waals surface area contributed by atoms with Crippen LogP contribution >= 0.6 is 0 Å². The Morgan fingerprint density at radius 3 is 2.92 bits per heavy atom. The average molecular weight is 178 g/mol. The highest BCUT2D eigenvalue weighted by molar-refractivity contribution is 5.98. The Bertz CT molecular complexity index is 309. The lowest BCUT2D eigenvalue weighted by atomic mass is 10.2. The van der Waals surface area contributed by atoms with Crippen molar-refractivity contribution in [3.63, 3.8) is 0 Å². The molecule has 0 aliphatic carbocycles. The number of anilines is 1. The molecule has 0 aromatic carbocycles. The zero-order chi connectivity index (χ0) is 9.84. The average Bonchev–Trinajstić information content (AvgIpc) is 2.03. The Balaban J connectivity index is 2.83. The maximum absolute atomic E-state index is 11.4. The van der Waals surface area contributed by atoms with E-state index in [4.69, 9.17) is 5.73 Å². The van der Waals surface area contributed by atoms with Gasteiger partial charge in [0.2, 0.25) is 0 Å². The first-order valence-electron chi connectivity index (χ1n) is 4.04. The summed E-state index contributed by atoms with van der Waals surface area (Å²) in [5.41, 5.74) is 5.80. The van der Waals surface area contributed by atoms with Gasteiger partial charge in [-0.25, -0.2) is 4.98 Å². The first kappa shape index (κ1) is 9.51. The van der Waals surface area contributed by atoms with Crippen LogP contribution in [-0.2, 0) is 0 Å². The van der Waals surface area contributed by atoms with Crippen LogP contribution in [0.5, 0.6) is 0 Å². The molecule has 3 N–H and O–H groups in total. The van der Waals surface area contributed by atoms with Crippen molar-refractivity contribution in [2.45, 2.75) is 19.9 Å². The minimum Gasteiger partial charge on any atom is -0.383 e. The fourth-order valence-electron chi connectivity index (χ4n) is 0.893. The molecule has 0 aliphatic rings.